The average molecular weight is 335 g/mol. The van der Waals surface area contributed by atoms with E-state index in [4.69, 9.17) is 17.4 Å². The van der Waals surface area contributed by atoms with E-state index in [1.807, 2.05) is 24.3 Å². The molecule has 0 aliphatic rings. The van der Waals surface area contributed by atoms with Crippen LogP contribution in [-0.4, -0.2) is 14.9 Å². The zero-order chi connectivity index (χ0) is 15.5. The predicted octanol–water partition coefficient (Wildman–Crippen LogP) is 3.74. The molecule has 3 rings (SSSR count). The second-order valence-corrected chi connectivity index (χ2v) is 5.98. The molecule has 7 heteroatoms. The van der Waals surface area contributed by atoms with Gasteiger partial charge in [0.1, 0.15) is 5.82 Å². The van der Waals surface area contributed by atoms with Crippen LogP contribution in [-0.2, 0) is 5.75 Å². The van der Waals surface area contributed by atoms with Gasteiger partial charge in [0.2, 0.25) is 5.16 Å². The summed E-state index contributed by atoms with van der Waals surface area (Å²) in [6.45, 7) is 0. The molecular formula is C15H12ClFN4S. The largest absolute Gasteiger partial charge is 0.335 e. The monoisotopic (exact) mass is 334 g/mol. The Bertz CT molecular complexity index is 788. The van der Waals surface area contributed by atoms with Crippen LogP contribution in [0.5, 0.6) is 0 Å². The Morgan fingerprint density at radius 3 is 2.64 bits per heavy atom. The number of thioether (sulfide) groups is 1. The number of hydrogen-bond donors (Lipinski definition) is 1. The summed E-state index contributed by atoms with van der Waals surface area (Å²) in [5.74, 6) is 6.89. The van der Waals surface area contributed by atoms with Crippen LogP contribution in [0.2, 0.25) is 5.02 Å². The second kappa shape index (κ2) is 6.37. The normalized spacial score (nSPS) is 10.8. The van der Waals surface area contributed by atoms with E-state index < -0.39 is 0 Å². The lowest BCUT2D eigenvalue weighted by Crippen LogP contribution is -2.11. The summed E-state index contributed by atoms with van der Waals surface area (Å²) in [5, 5.41) is 9.42. The van der Waals surface area contributed by atoms with Crippen molar-refractivity contribution in [1.82, 2.24) is 14.9 Å². The molecule has 0 aliphatic heterocycles. The molecule has 0 unspecified atom stereocenters. The first-order valence-electron chi connectivity index (χ1n) is 6.47. The van der Waals surface area contributed by atoms with Crippen LogP contribution in [0.4, 0.5) is 4.39 Å². The topological polar surface area (TPSA) is 56.7 Å². The van der Waals surface area contributed by atoms with E-state index in [0.29, 0.717) is 27.3 Å². The Balaban J connectivity index is 1.77. The summed E-state index contributed by atoms with van der Waals surface area (Å²) < 4.78 is 14.4. The Kier molecular flexibility index (Phi) is 4.31. The summed E-state index contributed by atoms with van der Waals surface area (Å²) in [4.78, 5) is 0. The molecule has 1 heterocycles. The smallest absolute Gasteiger partial charge is 0.210 e. The van der Waals surface area contributed by atoms with Gasteiger partial charge in [0.05, 0.1) is 0 Å². The molecule has 0 fully saturated rings. The molecule has 0 saturated heterocycles. The van der Waals surface area contributed by atoms with Crippen LogP contribution in [0.3, 0.4) is 0 Å². The second-order valence-electron chi connectivity index (χ2n) is 4.60. The number of nitrogen functional groups attached to an aromatic ring is 1. The van der Waals surface area contributed by atoms with Crippen LogP contribution >= 0.6 is 23.4 Å². The Morgan fingerprint density at radius 1 is 1.14 bits per heavy atom. The van der Waals surface area contributed by atoms with Crippen molar-refractivity contribution in [3.8, 4) is 11.4 Å². The van der Waals surface area contributed by atoms with Gasteiger partial charge in [-0.2, -0.15) is 0 Å². The van der Waals surface area contributed by atoms with E-state index in [9.17, 15) is 4.39 Å². The van der Waals surface area contributed by atoms with Gasteiger partial charge in [0, 0.05) is 16.3 Å². The third kappa shape index (κ3) is 3.23. The number of benzene rings is 2. The Hall–Kier alpha value is -2.05. The molecule has 0 spiro atoms. The van der Waals surface area contributed by atoms with Crippen molar-refractivity contribution in [2.75, 3.05) is 5.84 Å². The van der Waals surface area contributed by atoms with Crippen molar-refractivity contribution in [2.24, 2.45) is 0 Å². The van der Waals surface area contributed by atoms with Crippen molar-refractivity contribution in [1.29, 1.82) is 0 Å². The van der Waals surface area contributed by atoms with Crippen molar-refractivity contribution in [2.45, 2.75) is 10.9 Å². The molecule has 2 aromatic carbocycles. The summed E-state index contributed by atoms with van der Waals surface area (Å²) in [5.41, 5.74) is 1.79. The maximum Gasteiger partial charge on any atom is 0.210 e. The van der Waals surface area contributed by atoms with E-state index in [1.165, 1.54) is 28.6 Å². The number of hydrogen-bond acceptors (Lipinski definition) is 4. The van der Waals surface area contributed by atoms with Crippen LogP contribution < -0.4 is 5.84 Å². The van der Waals surface area contributed by atoms with Gasteiger partial charge in [-0.1, -0.05) is 35.5 Å². The fourth-order valence-corrected chi connectivity index (χ4v) is 2.96. The van der Waals surface area contributed by atoms with Gasteiger partial charge < -0.3 is 5.84 Å². The third-order valence-electron chi connectivity index (χ3n) is 3.02. The first kappa shape index (κ1) is 14.9. The van der Waals surface area contributed by atoms with Crippen LogP contribution in [0, 0.1) is 5.82 Å². The van der Waals surface area contributed by atoms with E-state index in [2.05, 4.69) is 10.2 Å². The van der Waals surface area contributed by atoms with Crippen LogP contribution in [0.1, 0.15) is 5.56 Å². The third-order valence-corrected chi connectivity index (χ3v) is 4.27. The molecule has 0 bridgehead atoms. The molecule has 0 amide bonds. The summed E-state index contributed by atoms with van der Waals surface area (Å²) in [6, 6.07) is 13.6. The van der Waals surface area contributed by atoms with Crippen LogP contribution in [0.25, 0.3) is 11.4 Å². The molecule has 4 nitrogen and oxygen atoms in total. The van der Waals surface area contributed by atoms with Crippen molar-refractivity contribution >= 4 is 23.4 Å². The predicted molar refractivity (Wildman–Crippen MR) is 86.6 cm³/mol. The summed E-state index contributed by atoms with van der Waals surface area (Å²) in [6.07, 6.45) is 0. The fourth-order valence-electron chi connectivity index (χ4n) is 1.95. The van der Waals surface area contributed by atoms with E-state index in [1.54, 1.807) is 12.1 Å². The molecule has 22 heavy (non-hydrogen) atoms. The Labute approximate surface area is 136 Å². The lowest BCUT2D eigenvalue weighted by Gasteiger charge is -2.04. The Morgan fingerprint density at radius 2 is 1.91 bits per heavy atom. The van der Waals surface area contributed by atoms with Crippen molar-refractivity contribution in [3.63, 3.8) is 0 Å². The summed E-state index contributed by atoms with van der Waals surface area (Å²) in [7, 11) is 0. The molecule has 3 aromatic rings. The first-order valence-corrected chi connectivity index (χ1v) is 7.83. The average Bonchev–Trinajstić information content (AvgIpc) is 2.87. The minimum Gasteiger partial charge on any atom is -0.335 e. The van der Waals surface area contributed by atoms with Gasteiger partial charge in [-0.15, -0.1) is 10.2 Å². The highest BCUT2D eigenvalue weighted by molar-refractivity contribution is 7.98. The first-order chi connectivity index (χ1) is 10.6. The van der Waals surface area contributed by atoms with Gasteiger partial charge in [-0.05, 0) is 42.0 Å². The minimum atomic E-state index is -0.303. The van der Waals surface area contributed by atoms with Gasteiger partial charge in [-0.25, -0.2) is 9.07 Å². The molecule has 2 N–H and O–H groups in total. The fraction of sp³-hybridized carbons (Fsp3) is 0.0667. The SMILES string of the molecule is Nn1c(SCc2cccc(Cl)c2)nnc1-c1ccc(F)cc1. The van der Waals surface area contributed by atoms with Gasteiger partial charge in [-0.3, -0.25) is 0 Å². The number of aromatic nitrogens is 3. The highest BCUT2D eigenvalue weighted by atomic mass is 35.5. The lowest BCUT2D eigenvalue weighted by molar-refractivity contribution is 0.628. The van der Waals surface area contributed by atoms with Gasteiger partial charge >= 0.3 is 0 Å². The number of rotatable bonds is 4. The number of nitrogens with zero attached hydrogens (tertiary/aromatic N) is 3. The minimum absolute atomic E-state index is 0.303. The maximum atomic E-state index is 13.0. The van der Waals surface area contributed by atoms with Crippen molar-refractivity contribution in [3.05, 3.63) is 64.9 Å². The molecule has 0 atom stereocenters. The van der Waals surface area contributed by atoms with E-state index >= 15 is 0 Å². The lowest BCUT2D eigenvalue weighted by atomic mass is 10.2. The highest BCUT2D eigenvalue weighted by Gasteiger charge is 2.12. The maximum absolute atomic E-state index is 13.0. The van der Waals surface area contributed by atoms with Crippen molar-refractivity contribution < 1.29 is 4.39 Å². The van der Waals surface area contributed by atoms with E-state index in [0.717, 1.165) is 5.56 Å². The van der Waals surface area contributed by atoms with Crippen LogP contribution in [0.15, 0.2) is 53.7 Å². The quantitative estimate of drug-likeness (QED) is 0.583. The van der Waals surface area contributed by atoms with Gasteiger partial charge in [0.25, 0.3) is 0 Å². The molecule has 1 aromatic heterocycles. The standard InChI is InChI=1S/C15H12ClFN4S/c16-12-3-1-2-10(8-12)9-22-15-20-19-14(21(15)18)11-4-6-13(17)7-5-11/h1-8H,9,18H2. The summed E-state index contributed by atoms with van der Waals surface area (Å²) >= 11 is 7.42. The molecule has 0 saturated carbocycles. The van der Waals surface area contributed by atoms with E-state index in [-0.39, 0.29) is 5.82 Å². The molecule has 0 aliphatic carbocycles. The van der Waals surface area contributed by atoms with Gasteiger partial charge in [0.15, 0.2) is 5.82 Å². The zero-order valence-electron chi connectivity index (χ0n) is 11.4. The highest BCUT2D eigenvalue weighted by Crippen LogP contribution is 2.25. The zero-order valence-corrected chi connectivity index (χ0v) is 13.0. The number of halogens is 2. The number of nitrogens with two attached hydrogens (primary N) is 1. The molecule has 112 valence electrons. The molecule has 0 radical (unpaired) electrons. The molecular weight excluding hydrogens is 323 g/mol.